The Morgan fingerprint density at radius 3 is 1.79 bits per heavy atom. The summed E-state index contributed by atoms with van der Waals surface area (Å²) in [5.74, 6) is 0. The second-order valence-corrected chi connectivity index (χ2v) is 10.8. The van der Waals surface area contributed by atoms with E-state index in [-0.39, 0.29) is 29.0 Å². The van der Waals surface area contributed by atoms with Gasteiger partial charge in [0.25, 0.3) is 0 Å². The molecule has 0 aliphatic carbocycles. The third-order valence-electron chi connectivity index (χ3n) is 7.91. The number of fused-ring (bicyclic) bond motifs is 1. The van der Waals surface area contributed by atoms with Crippen molar-refractivity contribution in [2.45, 2.75) is 0 Å². The van der Waals surface area contributed by atoms with E-state index in [1.54, 1.807) is 36.4 Å². The van der Waals surface area contributed by atoms with Crippen LogP contribution in [-0.4, -0.2) is 0 Å². The van der Waals surface area contributed by atoms with Crippen LogP contribution < -0.4 is 4.90 Å². The van der Waals surface area contributed by atoms with Crippen molar-refractivity contribution >= 4 is 27.8 Å². The van der Waals surface area contributed by atoms with E-state index >= 15 is 0 Å². The predicted molar refractivity (Wildman–Crippen MR) is 200 cm³/mol. The maximum Gasteiger partial charge on any atom is 0.0651 e. The Morgan fingerprint density at radius 2 is 0.979 bits per heavy atom. The van der Waals surface area contributed by atoms with Crippen molar-refractivity contribution in [1.29, 1.82) is 0 Å². The summed E-state index contributed by atoms with van der Waals surface area (Å²) in [6, 6.07) is 28.9. The zero-order valence-corrected chi connectivity index (χ0v) is 25.0. The van der Waals surface area contributed by atoms with Crippen LogP contribution in [0.5, 0.6) is 0 Å². The number of para-hydroxylation sites is 1. The molecule has 0 aliphatic rings. The molecule has 0 saturated heterocycles. The quantitative estimate of drug-likeness (QED) is 0.173. The van der Waals surface area contributed by atoms with Crippen LogP contribution in [-0.2, 0) is 0 Å². The monoisotopic (exact) mass is 612 g/mol. The molecule has 8 aromatic rings. The van der Waals surface area contributed by atoms with E-state index in [2.05, 4.69) is 0 Å². The van der Waals surface area contributed by atoms with E-state index in [1.807, 2.05) is 84.9 Å². The van der Waals surface area contributed by atoms with Crippen LogP contribution in [0.25, 0.3) is 55.3 Å². The zero-order valence-electron chi connectivity index (χ0n) is 38.0. The Bertz CT molecular complexity index is 2960. The van der Waals surface area contributed by atoms with Crippen LogP contribution >= 0.6 is 0 Å². The molecule has 47 heavy (non-hydrogen) atoms. The lowest BCUT2D eigenvalue weighted by atomic mass is 9.97. The minimum Gasteiger partial charge on any atom is -0.310 e. The number of benzene rings is 8. The molecule has 0 aromatic heterocycles. The number of anilines is 3. The van der Waals surface area contributed by atoms with E-state index in [0.717, 1.165) is 21.9 Å². The fourth-order valence-corrected chi connectivity index (χ4v) is 5.59. The van der Waals surface area contributed by atoms with E-state index in [1.165, 1.54) is 4.90 Å². The molecule has 0 amide bonds. The SMILES string of the molecule is [2H]c1c([2H])c([2H])c(-c2c([2H])c([2H])c(N(c3ccccc3-c3ccc(-c4ccccc4)cc3)c3c([2H])c([2H])c([2H])c(-c4ccc5ccccc5c4)c3[2H])c([2H])c2[2H])c([2H])c1[2H]. The summed E-state index contributed by atoms with van der Waals surface area (Å²) >= 11 is 0. The number of rotatable bonds is 7. The molecule has 0 radical (unpaired) electrons. The van der Waals surface area contributed by atoms with Gasteiger partial charge in [-0.25, -0.2) is 0 Å². The lowest BCUT2D eigenvalue weighted by Crippen LogP contribution is -2.11. The molecule has 8 rings (SSSR count). The first kappa shape index (κ1) is 17.5. The minimum atomic E-state index is -0.727. The van der Waals surface area contributed by atoms with Gasteiger partial charge >= 0.3 is 0 Å². The van der Waals surface area contributed by atoms with Gasteiger partial charge in [0.2, 0.25) is 0 Å². The Morgan fingerprint density at radius 1 is 0.362 bits per heavy atom. The van der Waals surface area contributed by atoms with Crippen molar-refractivity contribution in [3.8, 4) is 44.5 Å². The highest BCUT2D eigenvalue weighted by Gasteiger charge is 2.18. The molecule has 1 heteroatoms. The van der Waals surface area contributed by atoms with Gasteiger partial charge in [-0.15, -0.1) is 0 Å². The fraction of sp³-hybridized carbons (Fsp3) is 0. The molecule has 0 bridgehead atoms. The first-order valence-corrected chi connectivity index (χ1v) is 15.0. The van der Waals surface area contributed by atoms with Crippen LogP contribution in [0.3, 0.4) is 0 Å². The summed E-state index contributed by atoms with van der Waals surface area (Å²) in [7, 11) is 0. The average molecular weight is 613 g/mol. The van der Waals surface area contributed by atoms with E-state index < -0.39 is 83.3 Å². The lowest BCUT2D eigenvalue weighted by Gasteiger charge is -2.28. The van der Waals surface area contributed by atoms with Gasteiger partial charge in [-0.05, 0) is 86.0 Å². The summed E-state index contributed by atoms with van der Waals surface area (Å²) < 4.78 is 117. The molecule has 0 fully saturated rings. The van der Waals surface area contributed by atoms with Crippen LogP contribution in [0.15, 0.2) is 200 Å². The summed E-state index contributed by atoms with van der Waals surface area (Å²) in [5.41, 5.74) is 2.01. The first-order chi connectivity index (χ1) is 28.7. The minimum absolute atomic E-state index is 0.0115. The van der Waals surface area contributed by atoms with Gasteiger partial charge < -0.3 is 4.90 Å². The molecule has 0 atom stereocenters. The van der Waals surface area contributed by atoms with Crippen molar-refractivity contribution in [3.63, 3.8) is 0 Å². The Hall–Kier alpha value is -6.18. The molecule has 0 aliphatic heterocycles. The molecule has 222 valence electrons. The highest BCUT2D eigenvalue weighted by Crippen LogP contribution is 2.42. The second kappa shape index (κ2) is 12.7. The van der Waals surface area contributed by atoms with Crippen LogP contribution in [0, 0.1) is 0 Å². The van der Waals surface area contributed by atoms with Gasteiger partial charge in [-0.3, -0.25) is 0 Å². The van der Waals surface area contributed by atoms with Gasteiger partial charge in [0, 0.05) is 16.9 Å². The maximum atomic E-state index is 9.76. The molecule has 8 aromatic carbocycles. The van der Waals surface area contributed by atoms with E-state index in [0.29, 0.717) is 16.7 Å². The predicted octanol–water partition coefficient (Wildman–Crippen LogP) is 13.0. The molecule has 0 spiro atoms. The normalized spacial score (nSPS) is 14.9. The number of hydrogen-bond donors (Lipinski definition) is 0. The van der Waals surface area contributed by atoms with Crippen LogP contribution in [0.4, 0.5) is 17.1 Å². The first-order valence-electron chi connectivity index (χ1n) is 21.5. The van der Waals surface area contributed by atoms with Gasteiger partial charge in [0.1, 0.15) is 0 Å². The standard InChI is InChI=1S/C46H33N/c1-3-12-34(13-4-1)37-22-25-39(26-23-37)45-20-9-10-21-46(45)47(43-30-28-38(29-31-43)35-14-5-2-6-15-35)44-19-11-18-41(33-44)42-27-24-36-16-7-8-17-40(36)32-42/h1-33H/i2D,5D,6D,11D,14D,15D,18D,19D,28D,29D,30D,31D,33D. The van der Waals surface area contributed by atoms with Gasteiger partial charge in [0.15, 0.2) is 0 Å². The summed E-state index contributed by atoms with van der Waals surface area (Å²) in [5, 5.41) is 1.71. The second-order valence-electron chi connectivity index (χ2n) is 10.8. The Balaban J connectivity index is 1.45. The van der Waals surface area contributed by atoms with Gasteiger partial charge in [-0.2, -0.15) is 0 Å². The molecule has 0 N–H and O–H groups in total. The molecule has 0 heterocycles. The maximum absolute atomic E-state index is 9.76. The van der Waals surface area contributed by atoms with Crippen LogP contribution in [0.1, 0.15) is 17.8 Å². The summed E-state index contributed by atoms with van der Waals surface area (Å²) in [4.78, 5) is 1.25. The zero-order chi connectivity index (χ0) is 42.7. The fourth-order valence-electron chi connectivity index (χ4n) is 5.59. The Labute approximate surface area is 294 Å². The van der Waals surface area contributed by atoms with Crippen molar-refractivity contribution in [3.05, 3.63) is 200 Å². The van der Waals surface area contributed by atoms with Crippen molar-refractivity contribution in [2.24, 2.45) is 0 Å². The summed E-state index contributed by atoms with van der Waals surface area (Å²) in [6.07, 6.45) is 0. The molecule has 1 nitrogen and oxygen atoms in total. The highest BCUT2D eigenvalue weighted by atomic mass is 15.1. The van der Waals surface area contributed by atoms with Gasteiger partial charge in [-0.1, -0.05) is 164 Å². The highest BCUT2D eigenvalue weighted by molar-refractivity contribution is 5.91. The lowest BCUT2D eigenvalue weighted by molar-refractivity contribution is 1.28. The topological polar surface area (TPSA) is 3.24 Å². The van der Waals surface area contributed by atoms with E-state index in [4.69, 9.17) is 9.60 Å². The third kappa shape index (κ3) is 5.83. The number of nitrogens with zero attached hydrogens (tertiary/aromatic N) is 1. The van der Waals surface area contributed by atoms with Gasteiger partial charge in [0.05, 0.1) is 23.5 Å². The molecular formula is C46H33N. The third-order valence-corrected chi connectivity index (χ3v) is 7.91. The molecule has 0 unspecified atom stereocenters. The summed E-state index contributed by atoms with van der Waals surface area (Å²) in [6.45, 7) is 0. The van der Waals surface area contributed by atoms with E-state index in [9.17, 15) is 8.22 Å². The van der Waals surface area contributed by atoms with Crippen LogP contribution in [0.2, 0.25) is 0 Å². The smallest absolute Gasteiger partial charge is 0.0651 e. The Kier molecular flexibility index (Phi) is 4.72. The van der Waals surface area contributed by atoms with Crippen molar-refractivity contribution in [1.82, 2.24) is 0 Å². The average Bonchev–Trinajstić information content (AvgIpc) is 3.27. The molecular weight excluding hydrogens is 567 g/mol. The van der Waals surface area contributed by atoms with Crippen molar-refractivity contribution in [2.75, 3.05) is 4.90 Å². The van der Waals surface area contributed by atoms with Crippen molar-refractivity contribution < 1.29 is 17.8 Å². The largest absolute Gasteiger partial charge is 0.310 e. The number of hydrogen-bond acceptors (Lipinski definition) is 1. The molecule has 0 saturated carbocycles.